The van der Waals surface area contributed by atoms with Crippen molar-refractivity contribution in [1.82, 2.24) is 0 Å². The SMILES string of the molecule is O=P(O)(O)OI. The number of hydrogen-bond acceptors (Lipinski definition) is 2. The highest BCUT2D eigenvalue weighted by Crippen LogP contribution is 2.38. The van der Waals surface area contributed by atoms with Crippen LogP contribution in [0.2, 0.25) is 0 Å². The van der Waals surface area contributed by atoms with Gasteiger partial charge in [0.1, 0.15) is 23.0 Å². The maximum absolute atomic E-state index is 9.46. The average Bonchev–Trinajstić information content (AvgIpc) is 1.35. The van der Waals surface area contributed by atoms with Crippen LogP contribution in [-0.2, 0) is 7.42 Å². The lowest BCUT2D eigenvalue weighted by atomic mass is 15.8. The number of rotatable bonds is 1. The predicted octanol–water partition coefficient (Wildman–Crippen LogP) is 0.446. The summed E-state index contributed by atoms with van der Waals surface area (Å²) in [6.07, 6.45) is 0. The molecule has 0 radical (unpaired) electrons. The van der Waals surface area contributed by atoms with Gasteiger partial charge >= 0.3 is 7.82 Å². The minimum Gasteiger partial charge on any atom is -0.302 e. The molecule has 0 aliphatic rings. The lowest BCUT2D eigenvalue weighted by Crippen LogP contribution is -1.69. The van der Waals surface area contributed by atoms with Gasteiger partial charge in [-0.3, -0.25) is 0 Å². The molecule has 0 amide bonds. The summed E-state index contributed by atoms with van der Waals surface area (Å²) in [5.74, 6) is 0. The molecule has 0 rings (SSSR count). The van der Waals surface area contributed by atoms with Crippen LogP contribution in [0.25, 0.3) is 0 Å². The van der Waals surface area contributed by atoms with Crippen molar-refractivity contribution in [3.05, 3.63) is 0 Å². The normalized spacial score (nSPS) is 11.8. The van der Waals surface area contributed by atoms with E-state index in [1.165, 1.54) is 0 Å². The summed E-state index contributed by atoms with van der Waals surface area (Å²) in [5, 5.41) is 0. The molecule has 2 N–H and O–H groups in total. The van der Waals surface area contributed by atoms with Crippen molar-refractivity contribution in [2.75, 3.05) is 0 Å². The number of hydrogen-bond donors (Lipinski definition) is 2. The van der Waals surface area contributed by atoms with E-state index >= 15 is 0 Å². The fourth-order valence-electron chi connectivity index (χ4n) is 0. The highest BCUT2D eigenvalue weighted by atomic mass is 127. The van der Waals surface area contributed by atoms with Gasteiger partial charge in [-0.2, -0.15) is 0 Å². The first-order valence-electron chi connectivity index (χ1n) is 0.919. The zero-order chi connectivity index (χ0) is 5.21. The third-order valence-electron chi connectivity index (χ3n) is 0.0899. The van der Waals surface area contributed by atoms with Crippen LogP contribution in [0.5, 0.6) is 0 Å². The Balaban J connectivity index is 3.48. The first kappa shape index (κ1) is 6.84. The molecular weight excluding hydrogens is 222 g/mol. The fraction of sp³-hybridized carbons (Fsp3) is 0. The van der Waals surface area contributed by atoms with Gasteiger partial charge in [-0.15, -0.1) is 0 Å². The Labute approximate surface area is 48.4 Å². The van der Waals surface area contributed by atoms with Gasteiger partial charge in [0.25, 0.3) is 0 Å². The van der Waals surface area contributed by atoms with Gasteiger partial charge in [0.05, 0.1) is 0 Å². The Morgan fingerprint density at radius 2 is 1.83 bits per heavy atom. The lowest BCUT2D eigenvalue weighted by molar-refractivity contribution is 0.310. The van der Waals surface area contributed by atoms with E-state index in [9.17, 15) is 4.57 Å². The average molecular weight is 224 g/mol. The van der Waals surface area contributed by atoms with Crippen molar-refractivity contribution < 1.29 is 17.2 Å². The van der Waals surface area contributed by atoms with E-state index in [1.807, 2.05) is 0 Å². The number of halogens is 1. The largest absolute Gasteiger partial charge is 0.479 e. The molecule has 0 fully saturated rings. The zero-order valence-electron chi connectivity index (χ0n) is 2.54. The Kier molecular flexibility index (Phi) is 2.54. The molecule has 0 aromatic heterocycles. The molecule has 0 bridgehead atoms. The zero-order valence-corrected chi connectivity index (χ0v) is 5.59. The van der Waals surface area contributed by atoms with Crippen molar-refractivity contribution in [2.24, 2.45) is 0 Å². The lowest BCUT2D eigenvalue weighted by Gasteiger charge is -1.90. The Morgan fingerprint density at radius 1 is 1.67 bits per heavy atom. The molecule has 0 saturated carbocycles. The fourth-order valence-corrected chi connectivity index (χ4v) is 0. The first-order chi connectivity index (χ1) is 2.56. The molecular formula is H2IO4P. The molecule has 6 heteroatoms. The first-order valence-corrected chi connectivity index (χ1v) is 3.33. The third kappa shape index (κ3) is 4.84. The maximum Gasteiger partial charge on any atom is 0.479 e. The van der Waals surface area contributed by atoms with Crippen molar-refractivity contribution in [1.29, 1.82) is 0 Å². The Morgan fingerprint density at radius 3 is 1.83 bits per heavy atom. The van der Waals surface area contributed by atoms with Gasteiger partial charge in [0, 0.05) is 0 Å². The van der Waals surface area contributed by atoms with Gasteiger partial charge in [-0.25, -0.2) is 7.42 Å². The third-order valence-corrected chi connectivity index (χ3v) is 1.81. The van der Waals surface area contributed by atoms with Crippen LogP contribution < -0.4 is 0 Å². The van der Waals surface area contributed by atoms with E-state index < -0.39 is 7.82 Å². The number of phosphoric acid groups is 1. The molecule has 0 spiro atoms. The van der Waals surface area contributed by atoms with Crippen molar-refractivity contribution in [2.45, 2.75) is 0 Å². The standard InChI is InChI=1S/H2IO4P/c1-5-6(2,3)4/h(H2,2,3,4). The molecule has 0 aliphatic carbocycles. The van der Waals surface area contributed by atoms with E-state index in [0.717, 1.165) is 23.0 Å². The molecule has 38 valence electrons. The second-order valence-corrected chi connectivity index (χ2v) is 2.86. The molecule has 0 aromatic rings. The highest BCUT2D eigenvalue weighted by Gasteiger charge is 2.09. The minimum atomic E-state index is -4.16. The second kappa shape index (κ2) is 2.23. The quantitative estimate of drug-likeness (QED) is 0.501. The summed E-state index contributed by atoms with van der Waals surface area (Å²) in [6, 6.07) is 0. The van der Waals surface area contributed by atoms with E-state index in [0.29, 0.717) is 0 Å². The van der Waals surface area contributed by atoms with Crippen LogP contribution in [0.15, 0.2) is 0 Å². The van der Waals surface area contributed by atoms with E-state index in [1.54, 1.807) is 0 Å². The summed E-state index contributed by atoms with van der Waals surface area (Å²) >= 11 is 1.13. The Bertz CT molecular complexity index is 71.6. The van der Waals surface area contributed by atoms with Crippen LogP contribution in [0.4, 0.5) is 0 Å². The van der Waals surface area contributed by atoms with Crippen LogP contribution >= 0.6 is 30.8 Å². The van der Waals surface area contributed by atoms with Gasteiger partial charge in [0.2, 0.25) is 0 Å². The van der Waals surface area contributed by atoms with Gasteiger partial charge in [-0.05, 0) is 0 Å². The summed E-state index contributed by atoms with van der Waals surface area (Å²) in [5.41, 5.74) is 0. The molecule has 0 saturated heterocycles. The molecule has 4 nitrogen and oxygen atoms in total. The van der Waals surface area contributed by atoms with Crippen molar-refractivity contribution in [3.8, 4) is 0 Å². The predicted molar refractivity (Wildman–Crippen MR) is 27.1 cm³/mol. The van der Waals surface area contributed by atoms with E-state index in [2.05, 4.69) is 2.85 Å². The minimum absolute atomic E-state index is 1.13. The molecule has 0 atom stereocenters. The van der Waals surface area contributed by atoms with Gasteiger partial charge in [0.15, 0.2) is 0 Å². The maximum atomic E-state index is 9.46. The van der Waals surface area contributed by atoms with Crippen LogP contribution in [0.3, 0.4) is 0 Å². The van der Waals surface area contributed by atoms with Gasteiger partial charge in [-0.1, -0.05) is 0 Å². The second-order valence-electron chi connectivity index (χ2n) is 0.560. The van der Waals surface area contributed by atoms with Crippen molar-refractivity contribution in [3.63, 3.8) is 0 Å². The molecule has 6 heavy (non-hydrogen) atoms. The molecule has 0 heterocycles. The van der Waals surface area contributed by atoms with Crippen LogP contribution in [0, 0.1) is 0 Å². The molecule has 0 unspecified atom stereocenters. The summed E-state index contributed by atoms with van der Waals surface area (Å²) in [7, 11) is -4.16. The molecule has 0 aliphatic heterocycles. The van der Waals surface area contributed by atoms with E-state index in [-0.39, 0.29) is 0 Å². The summed E-state index contributed by atoms with van der Waals surface area (Å²) in [6.45, 7) is 0. The van der Waals surface area contributed by atoms with Crippen LogP contribution in [-0.4, -0.2) is 9.79 Å². The van der Waals surface area contributed by atoms with Crippen molar-refractivity contribution >= 4 is 30.8 Å². The highest BCUT2D eigenvalue weighted by molar-refractivity contribution is 14.1. The summed E-state index contributed by atoms with van der Waals surface area (Å²) in [4.78, 5) is 15.4. The van der Waals surface area contributed by atoms with Crippen LogP contribution in [0.1, 0.15) is 0 Å². The smallest absolute Gasteiger partial charge is 0.302 e. The van der Waals surface area contributed by atoms with Gasteiger partial charge < -0.3 is 9.79 Å². The monoisotopic (exact) mass is 224 g/mol. The topological polar surface area (TPSA) is 66.8 Å². The van der Waals surface area contributed by atoms with E-state index in [4.69, 9.17) is 9.79 Å². The summed E-state index contributed by atoms with van der Waals surface area (Å²) < 4.78 is 13.0. The Hall–Kier alpha value is 0.840. The molecule has 0 aromatic carbocycles.